The average molecular weight is 244 g/mol. The summed E-state index contributed by atoms with van der Waals surface area (Å²) < 4.78 is 1.80. The van der Waals surface area contributed by atoms with Gasteiger partial charge in [-0.15, -0.1) is 0 Å². The maximum Gasteiger partial charge on any atom is 0.152 e. The van der Waals surface area contributed by atoms with Gasteiger partial charge in [-0.1, -0.05) is 19.1 Å². The van der Waals surface area contributed by atoms with Gasteiger partial charge in [0, 0.05) is 12.7 Å². The van der Waals surface area contributed by atoms with Crippen LogP contribution < -0.4 is 11.1 Å². The lowest BCUT2D eigenvalue weighted by molar-refractivity contribution is 0.753. The molecule has 0 unspecified atom stereocenters. The first kappa shape index (κ1) is 12.5. The zero-order valence-corrected chi connectivity index (χ0v) is 11.4. The van der Waals surface area contributed by atoms with Crippen molar-refractivity contribution in [2.75, 3.05) is 11.1 Å². The molecule has 96 valence electrons. The Hall–Kier alpha value is -1.97. The molecule has 0 aliphatic heterocycles. The number of nitrogens with zero attached hydrogens (tertiary/aromatic N) is 2. The van der Waals surface area contributed by atoms with Gasteiger partial charge in [0.2, 0.25) is 0 Å². The van der Waals surface area contributed by atoms with Crippen LogP contribution in [0.25, 0.3) is 0 Å². The van der Waals surface area contributed by atoms with Gasteiger partial charge in [0.05, 0.1) is 11.4 Å². The van der Waals surface area contributed by atoms with Crippen molar-refractivity contribution >= 4 is 17.2 Å². The quantitative estimate of drug-likeness (QED) is 0.872. The van der Waals surface area contributed by atoms with Crippen molar-refractivity contribution in [2.45, 2.75) is 27.2 Å². The molecule has 1 heterocycles. The molecule has 2 aromatic rings. The van der Waals surface area contributed by atoms with E-state index in [1.54, 1.807) is 4.68 Å². The number of nitrogens with two attached hydrogens (primary N) is 1. The van der Waals surface area contributed by atoms with E-state index in [1.165, 1.54) is 11.1 Å². The van der Waals surface area contributed by atoms with Crippen molar-refractivity contribution in [3.05, 3.63) is 35.0 Å². The third kappa shape index (κ3) is 2.06. The molecule has 18 heavy (non-hydrogen) atoms. The lowest BCUT2D eigenvalue weighted by Gasteiger charge is -2.12. The minimum atomic E-state index is 0.737. The van der Waals surface area contributed by atoms with E-state index < -0.39 is 0 Å². The summed E-state index contributed by atoms with van der Waals surface area (Å²) in [4.78, 5) is 0. The van der Waals surface area contributed by atoms with Gasteiger partial charge in [-0.2, -0.15) is 5.10 Å². The van der Waals surface area contributed by atoms with Gasteiger partial charge in [0.1, 0.15) is 0 Å². The highest BCUT2D eigenvalue weighted by Crippen LogP contribution is 2.28. The Morgan fingerprint density at radius 2 is 2.06 bits per heavy atom. The molecule has 4 nitrogen and oxygen atoms in total. The standard InChI is InChI=1S/C14H20N4/c1-5-11-13(15)14(18(4)17-11)16-12-8-6-7-9(2)10(12)3/h6-8,16H,5,15H2,1-4H3. The molecule has 4 heteroatoms. The Morgan fingerprint density at radius 3 is 2.67 bits per heavy atom. The van der Waals surface area contributed by atoms with Crippen LogP contribution in [0.3, 0.4) is 0 Å². The third-order valence-corrected chi connectivity index (χ3v) is 3.35. The Labute approximate surface area is 108 Å². The molecule has 0 amide bonds. The molecule has 0 aliphatic rings. The van der Waals surface area contributed by atoms with Crippen molar-refractivity contribution < 1.29 is 0 Å². The van der Waals surface area contributed by atoms with Gasteiger partial charge in [0.15, 0.2) is 5.82 Å². The van der Waals surface area contributed by atoms with Crippen LogP contribution in [-0.4, -0.2) is 9.78 Å². The minimum absolute atomic E-state index is 0.737. The average Bonchev–Trinajstić information content (AvgIpc) is 2.62. The van der Waals surface area contributed by atoms with Gasteiger partial charge < -0.3 is 11.1 Å². The third-order valence-electron chi connectivity index (χ3n) is 3.35. The maximum absolute atomic E-state index is 6.10. The molecule has 2 rings (SSSR count). The number of benzene rings is 1. The molecule has 0 radical (unpaired) electrons. The first-order chi connectivity index (χ1) is 8.54. The van der Waals surface area contributed by atoms with Crippen LogP contribution in [0.2, 0.25) is 0 Å². The molecule has 0 bridgehead atoms. The topological polar surface area (TPSA) is 55.9 Å². The number of hydrogen-bond acceptors (Lipinski definition) is 3. The molecule has 1 aromatic carbocycles. The van der Waals surface area contributed by atoms with Gasteiger partial charge in [0.25, 0.3) is 0 Å². The van der Waals surface area contributed by atoms with E-state index in [4.69, 9.17) is 5.73 Å². The number of anilines is 3. The van der Waals surface area contributed by atoms with Gasteiger partial charge in [-0.05, 0) is 37.5 Å². The monoisotopic (exact) mass is 244 g/mol. The van der Waals surface area contributed by atoms with Crippen LogP contribution in [0, 0.1) is 13.8 Å². The van der Waals surface area contributed by atoms with E-state index in [-0.39, 0.29) is 0 Å². The highest BCUT2D eigenvalue weighted by molar-refractivity contribution is 5.73. The second-order valence-electron chi connectivity index (χ2n) is 4.56. The number of nitrogen functional groups attached to an aromatic ring is 1. The zero-order chi connectivity index (χ0) is 13.3. The largest absolute Gasteiger partial charge is 0.394 e. The fourth-order valence-electron chi connectivity index (χ4n) is 2.02. The van der Waals surface area contributed by atoms with Crippen molar-refractivity contribution in [3.8, 4) is 0 Å². The Bertz CT molecular complexity index is 569. The molecule has 0 aliphatic carbocycles. The predicted octanol–water partition coefficient (Wildman–Crippen LogP) is 2.93. The van der Waals surface area contributed by atoms with Crippen molar-refractivity contribution in [2.24, 2.45) is 7.05 Å². The lowest BCUT2D eigenvalue weighted by Crippen LogP contribution is -2.03. The maximum atomic E-state index is 6.10. The molecule has 0 fully saturated rings. The highest BCUT2D eigenvalue weighted by Gasteiger charge is 2.12. The number of aromatic nitrogens is 2. The van der Waals surface area contributed by atoms with Crippen LogP contribution in [0.15, 0.2) is 18.2 Å². The fraction of sp³-hybridized carbons (Fsp3) is 0.357. The van der Waals surface area contributed by atoms with Crippen LogP contribution in [0.1, 0.15) is 23.7 Å². The summed E-state index contributed by atoms with van der Waals surface area (Å²) >= 11 is 0. The van der Waals surface area contributed by atoms with E-state index in [0.717, 1.165) is 29.3 Å². The summed E-state index contributed by atoms with van der Waals surface area (Å²) in [6.45, 7) is 6.26. The SMILES string of the molecule is CCc1nn(C)c(Nc2cccc(C)c2C)c1N. The fourth-order valence-corrected chi connectivity index (χ4v) is 2.02. The molecular formula is C14H20N4. The van der Waals surface area contributed by atoms with Crippen LogP contribution in [-0.2, 0) is 13.5 Å². The van der Waals surface area contributed by atoms with E-state index in [1.807, 2.05) is 13.1 Å². The Balaban J connectivity index is 2.40. The summed E-state index contributed by atoms with van der Waals surface area (Å²) in [7, 11) is 1.91. The van der Waals surface area contributed by atoms with Crippen LogP contribution in [0.4, 0.5) is 17.2 Å². The number of rotatable bonds is 3. The summed E-state index contributed by atoms with van der Waals surface area (Å²) in [6.07, 6.45) is 0.841. The molecular weight excluding hydrogens is 224 g/mol. The smallest absolute Gasteiger partial charge is 0.152 e. The normalized spacial score (nSPS) is 10.7. The zero-order valence-electron chi connectivity index (χ0n) is 11.4. The second kappa shape index (κ2) is 4.72. The van der Waals surface area contributed by atoms with E-state index in [0.29, 0.717) is 0 Å². The lowest BCUT2D eigenvalue weighted by atomic mass is 10.1. The van der Waals surface area contributed by atoms with Gasteiger partial charge >= 0.3 is 0 Å². The molecule has 3 N–H and O–H groups in total. The van der Waals surface area contributed by atoms with Crippen LogP contribution >= 0.6 is 0 Å². The number of aryl methyl sites for hydroxylation is 3. The van der Waals surface area contributed by atoms with E-state index >= 15 is 0 Å². The second-order valence-corrected chi connectivity index (χ2v) is 4.56. The summed E-state index contributed by atoms with van der Waals surface area (Å²) in [5.41, 5.74) is 11.3. The Morgan fingerprint density at radius 1 is 1.33 bits per heavy atom. The number of hydrogen-bond donors (Lipinski definition) is 2. The highest BCUT2D eigenvalue weighted by atomic mass is 15.3. The molecule has 0 saturated heterocycles. The van der Waals surface area contributed by atoms with E-state index in [2.05, 4.69) is 43.3 Å². The first-order valence-electron chi connectivity index (χ1n) is 6.19. The van der Waals surface area contributed by atoms with Crippen molar-refractivity contribution in [1.82, 2.24) is 9.78 Å². The molecule has 1 aromatic heterocycles. The minimum Gasteiger partial charge on any atom is -0.394 e. The van der Waals surface area contributed by atoms with E-state index in [9.17, 15) is 0 Å². The van der Waals surface area contributed by atoms with Gasteiger partial charge in [-0.25, -0.2) is 0 Å². The molecule has 0 saturated carbocycles. The van der Waals surface area contributed by atoms with Crippen molar-refractivity contribution in [1.29, 1.82) is 0 Å². The predicted molar refractivity (Wildman–Crippen MR) is 76.2 cm³/mol. The summed E-state index contributed by atoms with van der Waals surface area (Å²) in [5, 5.41) is 7.79. The summed E-state index contributed by atoms with van der Waals surface area (Å²) in [5.74, 6) is 0.862. The Kier molecular flexibility index (Phi) is 3.28. The first-order valence-corrected chi connectivity index (χ1v) is 6.19. The molecule has 0 spiro atoms. The van der Waals surface area contributed by atoms with Gasteiger partial charge in [-0.3, -0.25) is 4.68 Å². The number of nitrogens with one attached hydrogen (secondary N) is 1. The van der Waals surface area contributed by atoms with Crippen molar-refractivity contribution in [3.63, 3.8) is 0 Å². The molecule has 0 atom stereocenters. The van der Waals surface area contributed by atoms with Crippen LogP contribution in [0.5, 0.6) is 0 Å². The summed E-state index contributed by atoms with van der Waals surface area (Å²) in [6, 6.07) is 6.20.